The number of benzene rings is 2. The smallest absolute Gasteiger partial charge is 0.123 e. The predicted octanol–water partition coefficient (Wildman–Crippen LogP) is 3.55. The maximum atomic E-state index is 13.4. The summed E-state index contributed by atoms with van der Waals surface area (Å²) in [6.45, 7) is 1.95. The van der Waals surface area contributed by atoms with Crippen LogP contribution in [0.25, 0.3) is 0 Å². The van der Waals surface area contributed by atoms with Crippen molar-refractivity contribution < 1.29 is 13.9 Å². The van der Waals surface area contributed by atoms with Crippen molar-refractivity contribution in [2.75, 3.05) is 13.1 Å². The molecule has 3 aliphatic heterocycles. The van der Waals surface area contributed by atoms with Gasteiger partial charge in [-0.1, -0.05) is 24.3 Å². The summed E-state index contributed by atoms with van der Waals surface area (Å²) in [5.74, 6) is -0.321. The summed E-state index contributed by atoms with van der Waals surface area (Å²) in [6.07, 6.45) is 1.64. The van der Waals surface area contributed by atoms with Crippen LogP contribution in [0.3, 0.4) is 0 Å². The predicted molar refractivity (Wildman–Crippen MR) is 88.7 cm³/mol. The summed E-state index contributed by atoms with van der Waals surface area (Å²) >= 11 is 0. The number of nitrogens with zero attached hydrogens (tertiary/aromatic N) is 1. The molecule has 0 unspecified atom stereocenters. The molecule has 0 aromatic heterocycles. The van der Waals surface area contributed by atoms with Gasteiger partial charge in [0.25, 0.3) is 0 Å². The van der Waals surface area contributed by atoms with Crippen molar-refractivity contribution in [1.29, 1.82) is 0 Å². The van der Waals surface area contributed by atoms with E-state index in [2.05, 4.69) is 4.90 Å². The summed E-state index contributed by atoms with van der Waals surface area (Å²) in [6, 6.07) is 12.9. The lowest BCUT2D eigenvalue weighted by Gasteiger charge is -2.51. The first-order valence-corrected chi connectivity index (χ1v) is 8.56. The molecule has 3 heterocycles. The Kier molecular flexibility index (Phi) is 4.10. The molecule has 0 aliphatic carbocycles. The van der Waals surface area contributed by atoms with Crippen LogP contribution < -0.4 is 0 Å². The van der Waals surface area contributed by atoms with E-state index in [1.807, 2.05) is 0 Å². The molecule has 2 aromatic rings. The Morgan fingerprint density at radius 1 is 0.833 bits per heavy atom. The third-order valence-electron chi connectivity index (χ3n) is 5.63. The largest absolute Gasteiger partial charge is 0.391 e. The van der Waals surface area contributed by atoms with E-state index in [1.54, 1.807) is 24.3 Å². The second-order valence-corrected chi connectivity index (χ2v) is 6.94. The molecule has 0 saturated carbocycles. The lowest BCUT2D eigenvalue weighted by atomic mass is 9.72. The van der Waals surface area contributed by atoms with Crippen LogP contribution in [0.1, 0.15) is 29.9 Å². The zero-order valence-corrected chi connectivity index (χ0v) is 13.4. The average Bonchev–Trinajstić information content (AvgIpc) is 2.61. The SMILES string of the molecule is O[C@@H]1C2CCN(CC2)[C@@H]1C(c1ccc(F)cc1)c1ccc(F)cc1. The highest BCUT2D eigenvalue weighted by molar-refractivity contribution is 5.36. The molecule has 0 spiro atoms. The van der Waals surface area contributed by atoms with Crippen LogP contribution in [-0.4, -0.2) is 35.2 Å². The van der Waals surface area contributed by atoms with Crippen molar-refractivity contribution in [2.45, 2.75) is 30.9 Å². The van der Waals surface area contributed by atoms with Crippen molar-refractivity contribution >= 4 is 0 Å². The molecular formula is C20H21F2NO. The molecule has 24 heavy (non-hydrogen) atoms. The highest BCUT2D eigenvalue weighted by atomic mass is 19.1. The first kappa shape index (κ1) is 15.7. The van der Waals surface area contributed by atoms with E-state index < -0.39 is 6.10 Å². The first-order chi connectivity index (χ1) is 11.6. The topological polar surface area (TPSA) is 23.5 Å². The molecule has 0 amide bonds. The molecule has 2 bridgehead atoms. The normalized spacial score (nSPS) is 29.2. The Labute approximate surface area is 140 Å². The van der Waals surface area contributed by atoms with E-state index in [0.717, 1.165) is 37.1 Å². The molecule has 2 atom stereocenters. The molecule has 3 saturated heterocycles. The Bertz CT molecular complexity index is 645. The van der Waals surface area contributed by atoms with Crippen LogP contribution in [0.2, 0.25) is 0 Å². The van der Waals surface area contributed by atoms with Gasteiger partial charge in [0.05, 0.1) is 6.10 Å². The van der Waals surface area contributed by atoms with E-state index >= 15 is 0 Å². The van der Waals surface area contributed by atoms with Crippen molar-refractivity contribution in [2.24, 2.45) is 5.92 Å². The number of rotatable bonds is 3. The summed E-state index contributed by atoms with van der Waals surface area (Å²) in [5, 5.41) is 10.9. The Balaban J connectivity index is 1.78. The van der Waals surface area contributed by atoms with Crippen LogP contribution in [0, 0.1) is 17.6 Å². The number of fused-ring (bicyclic) bond motifs is 3. The van der Waals surface area contributed by atoms with Gasteiger partial charge in [-0.25, -0.2) is 8.78 Å². The summed E-state index contributed by atoms with van der Waals surface area (Å²) in [4.78, 5) is 2.34. The van der Waals surface area contributed by atoms with Crippen LogP contribution in [0.5, 0.6) is 0 Å². The van der Waals surface area contributed by atoms with E-state index in [-0.39, 0.29) is 23.6 Å². The van der Waals surface area contributed by atoms with Gasteiger partial charge in [0, 0.05) is 12.0 Å². The van der Waals surface area contributed by atoms with Crippen LogP contribution in [0.4, 0.5) is 8.78 Å². The van der Waals surface area contributed by atoms with Gasteiger partial charge < -0.3 is 5.11 Å². The Hall–Kier alpha value is -1.78. The van der Waals surface area contributed by atoms with Gasteiger partial charge in [0.1, 0.15) is 11.6 Å². The highest BCUT2D eigenvalue weighted by Gasteiger charge is 2.45. The van der Waals surface area contributed by atoms with Gasteiger partial charge >= 0.3 is 0 Å². The molecule has 4 heteroatoms. The van der Waals surface area contributed by atoms with Crippen LogP contribution in [0.15, 0.2) is 48.5 Å². The fraction of sp³-hybridized carbons (Fsp3) is 0.400. The zero-order valence-electron chi connectivity index (χ0n) is 13.4. The fourth-order valence-corrected chi connectivity index (χ4v) is 4.39. The molecule has 1 N–H and O–H groups in total. The van der Waals surface area contributed by atoms with Gasteiger partial charge in [0.15, 0.2) is 0 Å². The number of hydrogen-bond donors (Lipinski definition) is 1. The lowest BCUT2D eigenvalue weighted by Crippen LogP contribution is -2.60. The molecular weight excluding hydrogens is 308 g/mol. The quantitative estimate of drug-likeness (QED) is 0.931. The number of aliphatic hydroxyl groups excluding tert-OH is 1. The van der Waals surface area contributed by atoms with E-state index in [0.29, 0.717) is 5.92 Å². The van der Waals surface area contributed by atoms with Gasteiger partial charge in [0.2, 0.25) is 0 Å². The minimum atomic E-state index is -0.410. The Morgan fingerprint density at radius 3 is 1.71 bits per heavy atom. The third-order valence-corrected chi connectivity index (χ3v) is 5.63. The first-order valence-electron chi connectivity index (χ1n) is 8.56. The number of piperidine rings is 3. The van der Waals surface area contributed by atoms with E-state index in [4.69, 9.17) is 0 Å². The summed E-state index contributed by atoms with van der Waals surface area (Å²) < 4.78 is 26.7. The second kappa shape index (κ2) is 6.26. The number of aliphatic hydroxyl groups is 1. The molecule has 3 aliphatic rings. The van der Waals surface area contributed by atoms with Crippen LogP contribution in [-0.2, 0) is 0 Å². The lowest BCUT2D eigenvalue weighted by molar-refractivity contribution is -0.0775. The Morgan fingerprint density at radius 2 is 1.29 bits per heavy atom. The molecule has 3 fully saturated rings. The minimum absolute atomic E-state index is 0.0478. The molecule has 2 aromatic carbocycles. The second-order valence-electron chi connectivity index (χ2n) is 6.94. The third kappa shape index (κ3) is 2.74. The molecule has 5 rings (SSSR count). The number of halogens is 2. The van der Waals surface area contributed by atoms with Gasteiger partial charge in [-0.05, 0) is 67.2 Å². The van der Waals surface area contributed by atoms with Gasteiger partial charge in [-0.3, -0.25) is 4.90 Å². The van der Waals surface area contributed by atoms with E-state index in [9.17, 15) is 13.9 Å². The summed E-state index contributed by atoms with van der Waals surface area (Å²) in [5.41, 5.74) is 1.92. The minimum Gasteiger partial charge on any atom is -0.391 e. The van der Waals surface area contributed by atoms with Crippen LogP contribution >= 0.6 is 0 Å². The zero-order chi connectivity index (χ0) is 16.7. The molecule has 2 nitrogen and oxygen atoms in total. The van der Waals surface area contributed by atoms with Crippen molar-refractivity contribution in [3.63, 3.8) is 0 Å². The van der Waals surface area contributed by atoms with Crippen molar-refractivity contribution in [1.82, 2.24) is 4.90 Å². The van der Waals surface area contributed by atoms with E-state index in [1.165, 1.54) is 24.3 Å². The molecule has 0 radical (unpaired) electrons. The monoisotopic (exact) mass is 329 g/mol. The highest BCUT2D eigenvalue weighted by Crippen LogP contribution is 2.41. The number of hydrogen-bond acceptors (Lipinski definition) is 2. The summed E-state index contributed by atoms with van der Waals surface area (Å²) in [7, 11) is 0. The van der Waals surface area contributed by atoms with Gasteiger partial charge in [-0.15, -0.1) is 0 Å². The van der Waals surface area contributed by atoms with Gasteiger partial charge in [-0.2, -0.15) is 0 Å². The standard InChI is InChI=1S/C20H21F2NO/c21-16-5-1-13(2-6-16)18(14-3-7-17(22)8-4-14)19-20(24)15-9-11-23(19)12-10-15/h1-8,15,18-20,24H,9-12H2/t19-,20-/m1/s1. The maximum absolute atomic E-state index is 13.4. The fourth-order valence-electron chi connectivity index (χ4n) is 4.39. The van der Waals surface area contributed by atoms with Crippen molar-refractivity contribution in [3.8, 4) is 0 Å². The molecule has 126 valence electrons. The average molecular weight is 329 g/mol. The maximum Gasteiger partial charge on any atom is 0.123 e. The van der Waals surface area contributed by atoms with Crippen molar-refractivity contribution in [3.05, 3.63) is 71.3 Å².